The van der Waals surface area contributed by atoms with Crippen LogP contribution in [-0.2, 0) is 4.74 Å². The molecular weight excluding hydrogens is 387 g/mol. The fourth-order valence-electron chi connectivity index (χ4n) is 10.1. The second kappa shape index (κ2) is 10.7. The number of hydrogen-bond donors (Lipinski definition) is 0. The van der Waals surface area contributed by atoms with Crippen LogP contribution in [0.5, 0.6) is 0 Å². The summed E-state index contributed by atoms with van der Waals surface area (Å²) in [5, 5.41) is 0. The van der Waals surface area contributed by atoms with Gasteiger partial charge in [-0.1, -0.05) is 54.9 Å². The highest BCUT2D eigenvalue weighted by Gasteiger charge is 2.56. The van der Waals surface area contributed by atoms with Gasteiger partial charge in [-0.2, -0.15) is 0 Å². The Kier molecular flexibility index (Phi) is 8.94. The molecule has 0 amide bonds. The average Bonchev–Trinajstić information content (AvgIpc) is 3.20. The van der Waals surface area contributed by atoms with Crippen molar-refractivity contribution in [2.75, 3.05) is 6.61 Å². The van der Waals surface area contributed by atoms with Gasteiger partial charge in [0.15, 0.2) is 0 Å². The van der Waals surface area contributed by atoms with E-state index in [0.29, 0.717) is 6.10 Å². The minimum atomic E-state index is 0. The number of fused-ring (bicyclic) bond motifs is 5. The third-order valence-corrected chi connectivity index (χ3v) is 11.9. The van der Waals surface area contributed by atoms with E-state index >= 15 is 0 Å². The molecule has 5 fully saturated rings. The Labute approximate surface area is 204 Å². The van der Waals surface area contributed by atoms with Gasteiger partial charge in [0.25, 0.3) is 0 Å². The van der Waals surface area contributed by atoms with Crippen molar-refractivity contribution in [3.05, 3.63) is 0 Å². The van der Waals surface area contributed by atoms with Gasteiger partial charge in [-0.15, -0.1) is 0 Å². The molecule has 1 heterocycles. The van der Waals surface area contributed by atoms with Gasteiger partial charge in [0, 0.05) is 16.4 Å². The van der Waals surface area contributed by atoms with E-state index in [2.05, 4.69) is 34.6 Å². The third kappa shape index (κ3) is 4.49. The molecule has 1 saturated heterocycles. The highest BCUT2D eigenvalue weighted by molar-refractivity contribution is 5.75. The molecule has 2 heteroatoms. The molecule has 4 aliphatic carbocycles. The van der Waals surface area contributed by atoms with Crippen molar-refractivity contribution in [1.29, 1.82) is 0 Å². The van der Waals surface area contributed by atoms with Crippen molar-refractivity contribution in [3.8, 4) is 0 Å². The molecule has 3 radical (unpaired) electrons. The van der Waals surface area contributed by atoms with Gasteiger partial charge >= 0.3 is 0 Å². The van der Waals surface area contributed by atoms with Gasteiger partial charge in [0.1, 0.15) is 0 Å². The lowest BCUT2D eigenvalue weighted by atomic mass is 9.47. The van der Waals surface area contributed by atoms with Crippen LogP contribution in [0.1, 0.15) is 108 Å². The number of rotatable bonds is 3. The Bertz CT molecular complexity index is 596. The van der Waals surface area contributed by atoms with Crippen LogP contribution in [0.3, 0.4) is 0 Å². The minimum Gasteiger partial charge on any atom is -0.378 e. The molecule has 0 bridgehead atoms. The van der Waals surface area contributed by atoms with Crippen molar-refractivity contribution in [2.24, 2.45) is 71.0 Å². The van der Waals surface area contributed by atoms with Crippen molar-refractivity contribution in [3.63, 3.8) is 0 Å². The van der Waals surface area contributed by atoms with Crippen LogP contribution in [0.15, 0.2) is 0 Å². The predicted molar refractivity (Wildman–Crippen MR) is 141 cm³/mol. The summed E-state index contributed by atoms with van der Waals surface area (Å²) in [6.45, 7) is 13.8. The van der Waals surface area contributed by atoms with E-state index in [1.165, 1.54) is 38.5 Å². The van der Waals surface area contributed by atoms with Crippen molar-refractivity contribution < 1.29 is 6.16 Å². The Morgan fingerprint density at radius 2 is 1.34 bits per heavy atom. The second-order valence-corrected chi connectivity index (χ2v) is 13.0. The quantitative estimate of drug-likeness (QED) is 0.398. The zero-order chi connectivity index (χ0) is 21.0. The average molecular weight is 445 g/mol. The van der Waals surface area contributed by atoms with Crippen molar-refractivity contribution in [1.82, 2.24) is 0 Å². The fraction of sp³-hybridized carbons (Fsp3) is 1.00. The van der Waals surface area contributed by atoms with Gasteiger partial charge < -0.3 is 4.74 Å². The summed E-state index contributed by atoms with van der Waals surface area (Å²) in [7, 11) is 0. The van der Waals surface area contributed by atoms with Crippen LogP contribution in [0.2, 0.25) is 0 Å². The van der Waals surface area contributed by atoms with Crippen LogP contribution < -0.4 is 0 Å². The first-order valence-corrected chi connectivity index (χ1v) is 14.1. The summed E-state index contributed by atoms with van der Waals surface area (Å²) >= 11 is 0. The molecule has 12 atom stereocenters. The number of hydrogen-bond acceptors (Lipinski definition) is 1. The summed E-state index contributed by atoms with van der Waals surface area (Å²) in [5.74, 6) is 11.7. The molecule has 4 saturated carbocycles. The summed E-state index contributed by atoms with van der Waals surface area (Å²) in [5.41, 5.74) is 0. The molecule has 185 valence electrons. The van der Waals surface area contributed by atoms with Crippen molar-refractivity contribution in [2.45, 2.75) is 112 Å². The molecule has 5 rings (SSSR count). The lowest BCUT2D eigenvalue weighted by Gasteiger charge is -2.58. The summed E-state index contributed by atoms with van der Waals surface area (Å²) in [6, 6.07) is 0. The summed E-state index contributed by atoms with van der Waals surface area (Å²) in [4.78, 5) is 0. The van der Waals surface area contributed by atoms with Gasteiger partial charge in [-0.3, -0.25) is 0 Å². The lowest BCUT2D eigenvalue weighted by Crippen LogP contribution is -2.51. The zero-order valence-electron chi connectivity index (χ0n) is 21.3. The maximum atomic E-state index is 6.43. The van der Waals surface area contributed by atoms with E-state index in [9.17, 15) is 0 Å². The maximum Gasteiger partial charge on any atom is 0.0606 e. The Balaban J connectivity index is 0.00000128. The van der Waals surface area contributed by atoms with E-state index in [1.54, 1.807) is 25.7 Å². The van der Waals surface area contributed by atoms with E-state index in [0.717, 1.165) is 77.6 Å². The smallest absolute Gasteiger partial charge is 0.0606 e. The molecule has 1 aliphatic heterocycles. The minimum absolute atomic E-state index is 0. The van der Waals surface area contributed by atoms with Crippen LogP contribution in [0, 0.1) is 71.0 Å². The standard InChI is InChI=1S/C29H50O.CH4.B.H2/c1-17(2)21-14-15-30-28(16-21)20(5)23-10-12-27-25(23)11-13-26-24-9-7-6-8-22(24)18(3)19(4)29(26)27;;;/h17-29H,6-16H2,1-5H3;1H4;;1H/i;;;1+1. The van der Waals surface area contributed by atoms with E-state index in [4.69, 9.17) is 4.74 Å². The Morgan fingerprint density at radius 3 is 2.06 bits per heavy atom. The van der Waals surface area contributed by atoms with Gasteiger partial charge in [-0.05, 0) is 122 Å². The van der Waals surface area contributed by atoms with E-state index < -0.39 is 0 Å². The number of ether oxygens (including phenoxy) is 1. The van der Waals surface area contributed by atoms with E-state index in [1.807, 2.05) is 0 Å². The molecule has 0 spiro atoms. The van der Waals surface area contributed by atoms with Gasteiger partial charge in [-0.25, -0.2) is 0 Å². The molecule has 0 aromatic heterocycles. The van der Waals surface area contributed by atoms with E-state index in [-0.39, 0.29) is 17.3 Å². The molecule has 32 heavy (non-hydrogen) atoms. The fourth-order valence-corrected chi connectivity index (χ4v) is 10.1. The highest BCUT2D eigenvalue weighted by atomic mass is 16.5. The molecule has 12 unspecified atom stereocenters. The van der Waals surface area contributed by atoms with Crippen molar-refractivity contribution >= 4 is 8.41 Å². The molecule has 0 aromatic carbocycles. The topological polar surface area (TPSA) is 9.23 Å². The summed E-state index contributed by atoms with van der Waals surface area (Å²) in [6.07, 6.45) is 15.5. The highest BCUT2D eigenvalue weighted by Crippen LogP contribution is 2.63. The first kappa shape index (κ1) is 26.6. The third-order valence-electron chi connectivity index (χ3n) is 11.9. The molecule has 1 nitrogen and oxygen atoms in total. The molecular formula is C30H56BO. The van der Waals surface area contributed by atoms with Crippen LogP contribution in [0.4, 0.5) is 0 Å². The van der Waals surface area contributed by atoms with Gasteiger partial charge in [0.05, 0.1) is 6.10 Å². The zero-order valence-corrected chi connectivity index (χ0v) is 21.3. The van der Waals surface area contributed by atoms with Crippen LogP contribution >= 0.6 is 0 Å². The Hall–Kier alpha value is 0.0249. The SMILES string of the molecule is C.CC(C)C1CCOC(C(C)C2CCC3C2CCC2C4CCCCC4C(C)C(C)C32)C1.[2HH].[B]. The molecule has 0 aromatic rings. The normalized spacial score (nSPS) is 49.1. The first-order valence-electron chi connectivity index (χ1n) is 14.1. The summed E-state index contributed by atoms with van der Waals surface area (Å²) < 4.78 is 6.43. The Morgan fingerprint density at radius 1 is 0.719 bits per heavy atom. The monoisotopic (exact) mass is 444 g/mol. The van der Waals surface area contributed by atoms with Gasteiger partial charge in [0.2, 0.25) is 0 Å². The molecule has 0 N–H and O–H groups in total. The first-order chi connectivity index (χ1) is 14.5. The maximum absolute atomic E-state index is 6.43. The molecule has 5 aliphatic rings. The van der Waals surface area contributed by atoms with Crippen LogP contribution in [0.25, 0.3) is 0 Å². The van der Waals surface area contributed by atoms with Crippen LogP contribution in [-0.4, -0.2) is 21.1 Å². The lowest BCUT2D eigenvalue weighted by molar-refractivity contribution is -0.0998. The predicted octanol–water partition coefficient (Wildman–Crippen LogP) is 8.34. The largest absolute Gasteiger partial charge is 0.378 e. The second-order valence-electron chi connectivity index (χ2n) is 13.0.